The van der Waals surface area contributed by atoms with Crippen molar-refractivity contribution in [2.75, 3.05) is 13.1 Å². The standard InChI is InChI=1S/C38H38Br2N10O4/c39-27-11-29(41-17-27)33(51)43-15-25(9-31-35(53)49-19-23-7-3-1-5-21(23)13-45-37(49)47-31)26(16-44-34(52)30-12-28(40)18-42-30)10-32-36(54)50-20-24-8-4-2-6-22(24)14-46-38(50)48-32/h1-12,17-18,25-26,37-38,41-42,45-48H,13-16,19-20H2,(H,43,51)(H,44,52)/b31-9+,32-10+. The maximum atomic E-state index is 14.1. The molecule has 2 aromatic carbocycles. The molecule has 16 heteroatoms. The summed E-state index contributed by atoms with van der Waals surface area (Å²) in [7, 11) is 0. The lowest BCUT2D eigenvalue weighted by molar-refractivity contribution is -0.128. The molecule has 0 saturated carbocycles. The van der Waals surface area contributed by atoms with Crippen LogP contribution in [-0.2, 0) is 35.8 Å². The van der Waals surface area contributed by atoms with Crippen LogP contribution in [0.15, 0.2) is 106 Å². The van der Waals surface area contributed by atoms with Crippen molar-refractivity contribution in [1.82, 2.24) is 51.7 Å². The maximum absolute atomic E-state index is 14.1. The third kappa shape index (κ3) is 7.46. The van der Waals surface area contributed by atoms with Gasteiger partial charge in [0.1, 0.15) is 11.4 Å². The third-order valence-corrected chi connectivity index (χ3v) is 11.1. The SMILES string of the molecule is O=C(NCC(/C=C1/NC2NCc3ccccc3CN2C1=O)C(/C=C1/NC2NCc3ccccc3CN2C1=O)CNC(=O)c1cc(Br)c[nH]1)c1cc(Br)c[nH]1. The molecule has 4 aliphatic rings. The minimum Gasteiger partial charge on any atom is -0.356 e. The van der Waals surface area contributed by atoms with Gasteiger partial charge < -0.3 is 31.2 Å². The van der Waals surface area contributed by atoms with Crippen LogP contribution in [0.4, 0.5) is 0 Å². The van der Waals surface area contributed by atoms with Crippen molar-refractivity contribution < 1.29 is 19.2 Å². The Hall–Kier alpha value is -5.16. The van der Waals surface area contributed by atoms with Crippen LogP contribution in [0.25, 0.3) is 0 Å². The Morgan fingerprint density at radius 1 is 0.685 bits per heavy atom. The van der Waals surface area contributed by atoms with E-state index in [0.717, 1.165) is 31.2 Å². The van der Waals surface area contributed by atoms with Crippen LogP contribution < -0.4 is 31.9 Å². The average molecular weight is 859 g/mol. The van der Waals surface area contributed by atoms with E-state index in [1.54, 1.807) is 46.5 Å². The van der Waals surface area contributed by atoms with Gasteiger partial charge in [-0.2, -0.15) is 0 Å². The van der Waals surface area contributed by atoms with Crippen molar-refractivity contribution in [2.24, 2.45) is 11.8 Å². The minimum atomic E-state index is -0.568. The summed E-state index contributed by atoms with van der Waals surface area (Å²) in [6.07, 6.45) is 6.06. The predicted molar refractivity (Wildman–Crippen MR) is 206 cm³/mol. The predicted octanol–water partition coefficient (Wildman–Crippen LogP) is 3.07. The molecule has 4 amide bonds. The van der Waals surface area contributed by atoms with Crippen LogP contribution >= 0.6 is 31.9 Å². The first-order chi connectivity index (χ1) is 26.2. The molecular formula is C38H38Br2N10O4. The van der Waals surface area contributed by atoms with E-state index in [2.05, 4.69) is 73.7 Å². The summed E-state index contributed by atoms with van der Waals surface area (Å²) >= 11 is 6.77. The lowest BCUT2D eigenvalue weighted by Gasteiger charge is -2.24. The van der Waals surface area contributed by atoms with Crippen LogP contribution in [0.3, 0.4) is 0 Å². The fourth-order valence-electron chi connectivity index (χ4n) is 7.26. The molecule has 4 aliphatic heterocycles. The Balaban J connectivity index is 1.12. The molecule has 14 nitrogen and oxygen atoms in total. The summed E-state index contributed by atoms with van der Waals surface area (Å²) in [5, 5.41) is 19.6. The molecule has 2 fully saturated rings. The molecule has 54 heavy (non-hydrogen) atoms. The molecule has 2 saturated heterocycles. The summed E-state index contributed by atoms with van der Waals surface area (Å²) in [5.74, 6) is -2.23. The number of amides is 4. The first-order valence-corrected chi connectivity index (χ1v) is 19.2. The normalized spacial score (nSPS) is 21.6. The summed E-state index contributed by atoms with van der Waals surface area (Å²) in [6.45, 7) is 2.16. The number of carbonyl (C=O) groups is 4. The maximum Gasteiger partial charge on any atom is 0.272 e. The first kappa shape index (κ1) is 35.8. The fourth-order valence-corrected chi connectivity index (χ4v) is 7.95. The summed E-state index contributed by atoms with van der Waals surface area (Å²) in [5.41, 5.74) is 5.78. The van der Waals surface area contributed by atoms with Crippen molar-refractivity contribution in [3.63, 3.8) is 0 Å². The van der Waals surface area contributed by atoms with Gasteiger partial charge in [-0.25, -0.2) is 0 Å². The Morgan fingerprint density at radius 3 is 1.48 bits per heavy atom. The van der Waals surface area contributed by atoms with Crippen LogP contribution in [0.1, 0.15) is 43.2 Å². The lowest BCUT2D eigenvalue weighted by atomic mass is 9.89. The Labute approximate surface area is 327 Å². The summed E-state index contributed by atoms with van der Waals surface area (Å²) < 4.78 is 1.45. The Bertz CT molecular complexity index is 2030. The highest BCUT2D eigenvalue weighted by Gasteiger charge is 2.39. The zero-order chi connectivity index (χ0) is 37.3. The van der Waals surface area contributed by atoms with E-state index in [1.165, 1.54) is 0 Å². The van der Waals surface area contributed by atoms with E-state index in [1.807, 2.05) is 48.5 Å². The molecule has 8 N–H and O–H groups in total. The second-order valence-electron chi connectivity index (χ2n) is 13.6. The zero-order valence-electron chi connectivity index (χ0n) is 28.9. The summed E-state index contributed by atoms with van der Waals surface area (Å²) in [4.78, 5) is 64.2. The highest BCUT2D eigenvalue weighted by Crippen LogP contribution is 2.28. The quantitative estimate of drug-likeness (QED) is 0.119. The average Bonchev–Trinajstić information content (AvgIpc) is 3.89. The van der Waals surface area contributed by atoms with Crippen molar-refractivity contribution in [1.29, 1.82) is 0 Å². The van der Waals surface area contributed by atoms with Crippen LogP contribution in [0.5, 0.6) is 0 Å². The number of aromatic nitrogens is 2. The minimum absolute atomic E-state index is 0.0835. The van der Waals surface area contributed by atoms with Gasteiger partial charge in [0.2, 0.25) is 0 Å². The number of fused-ring (bicyclic) bond motifs is 4. The Morgan fingerprint density at radius 2 is 1.09 bits per heavy atom. The van der Waals surface area contributed by atoms with E-state index in [-0.39, 0.29) is 36.7 Å². The number of rotatable bonds is 9. The molecule has 2 aromatic heterocycles. The fraction of sp³-hybridized carbons (Fsp3) is 0.263. The van der Waals surface area contributed by atoms with Crippen molar-refractivity contribution >= 4 is 55.5 Å². The van der Waals surface area contributed by atoms with Gasteiger partial charge in [0.25, 0.3) is 23.6 Å². The van der Waals surface area contributed by atoms with Crippen molar-refractivity contribution in [2.45, 2.75) is 38.8 Å². The largest absolute Gasteiger partial charge is 0.356 e. The number of nitrogens with zero attached hydrogens (tertiary/aromatic N) is 2. The number of aromatic amines is 2. The van der Waals surface area contributed by atoms with E-state index in [0.29, 0.717) is 49.0 Å². The topological polar surface area (TPSA) is 179 Å². The molecule has 0 bridgehead atoms. The highest BCUT2D eigenvalue weighted by molar-refractivity contribution is 9.10. The monoisotopic (exact) mass is 856 g/mol. The van der Waals surface area contributed by atoms with Gasteiger partial charge in [-0.3, -0.25) is 39.6 Å². The zero-order valence-corrected chi connectivity index (χ0v) is 32.1. The summed E-state index contributed by atoms with van der Waals surface area (Å²) in [6, 6.07) is 19.4. The van der Waals surface area contributed by atoms with Gasteiger partial charge in [-0.15, -0.1) is 0 Å². The molecule has 4 unspecified atom stereocenters. The van der Waals surface area contributed by atoms with Gasteiger partial charge >= 0.3 is 0 Å². The number of H-pyrrole nitrogens is 2. The lowest BCUT2D eigenvalue weighted by Crippen LogP contribution is -2.46. The molecule has 4 atom stereocenters. The molecule has 278 valence electrons. The number of halogens is 2. The molecule has 0 aliphatic carbocycles. The first-order valence-electron chi connectivity index (χ1n) is 17.6. The molecule has 0 spiro atoms. The van der Waals surface area contributed by atoms with E-state index >= 15 is 0 Å². The second kappa shape index (κ2) is 15.3. The number of hydrogen-bond donors (Lipinski definition) is 8. The van der Waals surface area contributed by atoms with Gasteiger partial charge in [0, 0.05) is 72.4 Å². The number of nitrogens with one attached hydrogen (secondary N) is 8. The van der Waals surface area contributed by atoms with Gasteiger partial charge in [0.05, 0.1) is 11.4 Å². The second-order valence-corrected chi connectivity index (χ2v) is 15.5. The van der Waals surface area contributed by atoms with Crippen LogP contribution in [0.2, 0.25) is 0 Å². The third-order valence-electron chi connectivity index (χ3n) is 10.2. The smallest absolute Gasteiger partial charge is 0.272 e. The van der Waals surface area contributed by atoms with Gasteiger partial charge in [-0.05, 0) is 78.4 Å². The van der Waals surface area contributed by atoms with Gasteiger partial charge in [-0.1, -0.05) is 48.5 Å². The molecule has 4 aromatic rings. The molecular weight excluding hydrogens is 820 g/mol. The highest BCUT2D eigenvalue weighted by atomic mass is 79.9. The van der Waals surface area contributed by atoms with Crippen LogP contribution in [0, 0.1) is 11.8 Å². The molecule has 6 heterocycles. The van der Waals surface area contributed by atoms with Crippen molar-refractivity contribution in [3.05, 3.63) is 139 Å². The number of carbonyl (C=O) groups excluding carboxylic acids is 4. The molecule has 0 radical (unpaired) electrons. The molecule has 8 rings (SSSR count). The number of hydrogen-bond acceptors (Lipinski definition) is 8. The number of benzene rings is 2. The Kier molecular flexibility index (Phi) is 10.2. The van der Waals surface area contributed by atoms with Crippen molar-refractivity contribution in [3.8, 4) is 0 Å². The van der Waals surface area contributed by atoms with Crippen LogP contribution in [-0.4, -0.2) is 69.1 Å². The van der Waals surface area contributed by atoms with E-state index < -0.39 is 24.4 Å². The van der Waals surface area contributed by atoms with E-state index in [4.69, 9.17) is 0 Å². The van der Waals surface area contributed by atoms with E-state index in [9.17, 15) is 19.2 Å². The van der Waals surface area contributed by atoms with Gasteiger partial charge in [0.15, 0.2) is 12.6 Å².